The van der Waals surface area contributed by atoms with Gasteiger partial charge in [0.1, 0.15) is 6.10 Å². The summed E-state index contributed by atoms with van der Waals surface area (Å²) in [6.45, 7) is 8.30. The van der Waals surface area contributed by atoms with E-state index >= 15 is 0 Å². The number of esters is 1. The summed E-state index contributed by atoms with van der Waals surface area (Å²) in [7, 11) is 0. The fraction of sp³-hybridized carbons (Fsp3) is 0.842. The van der Waals surface area contributed by atoms with Gasteiger partial charge in [-0.25, -0.2) is 4.79 Å². The van der Waals surface area contributed by atoms with E-state index in [0.29, 0.717) is 25.4 Å². The minimum absolute atomic E-state index is 0.132. The molecule has 146 valence electrons. The molecule has 0 spiro atoms. The van der Waals surface area contributed by atoms with Crippen molar-refractivity contribution < 1.29 is 29.2 Å². The van der Waals surface area contributed by atoms with E-state index < -0.39 is 18.5 Å². The number of hydrogen-bond acceptors (Lipinski definition) is 6. The maximum Gasteiger partial charge on any atom is 0.330 e. The second kappa shape index (κ2) is 11.6. The van der Waals surface area contributed by atoms with Crippen molar-refractivity contribution in [3.8, 4) is 0 Å². The molecule has 1 aliphatic rings. The normalized spacial score (nSPS) is 28.4. The van der Waals surface area contributed by atoms with Crippen molar-refractivity contribution in [2.45, 2.75) is 90.5 Å². The summed E-state index contributed by atoms with van der Waals surface area (Å²) in [5.41, 5.74) is 0. The molecule has 1 unspecified atom stereocenters. The third kappa shape index (κ3) is 8.31. The highest BCUT2D eigenvalue weighted by atomic mass is 16.7. The smallest absolute Gasteiger partial charge is 0.330 e. The van der Waals surface area contributed by atoms with Crippen LogP contribution in [0.25, 0.3) is 0 Å². The lowest BCUT2D eigenvalue weighted by Crippen LogP contribution is -2.48. The van der Waals surface area contributed by atoms with Gasteiger partial charge in [-0.1, -0.05) is 32.8 Å². The molecule has 0 aromatic heterocycles. The summed E-state index contributed by atoms with van der Waals surface area (Å²) < 4.78 is 16.4. The fourth-order valence-electron chi connectivity index (χ4n) is 2.65. The topological polar surface area (TPSA) is 85.2 Å². The predicted octanol–water partition coefficient (Wildman–Crippen LogP) is 2.56. The molecule has 0 bridgehead atoms. The maximum absolute atomic E-state index is 11.6. The monoisotopic (exact) mass is 358 g/mol. The highest BCUT2D eigenvalue weighted by Crippen LogP contribution is 2.22. The number of carbonyl (C=O) groups is 1. The molecule has 0 aliphatic carbocycles. The van der Waals surface area contributed by atoms with Crippen LogP contribution in [0, 0.1) is 5.92 Å². The second-order valence-electron chi connectivity index (χ2n) is 6.82. The molecule has 0 radical (unpaired) electrons. The Morgan fingerprint density at radius 1 is 1.28 bits per heavy atom. The number of carbonyl (C=O) groups excluding carboxylic acids is 1. The van der Waals surface area contributed by atoms with Crippen LogP contribution in [0.15, 0.2) is 12.2 Å². The first-order valence-corrected chi connectivity index (χ1v) is 9.37. The Bertz CT molecular complexity index is 407. The van der Waals surface area contributed by atoms with Crippen LogP contribution in [0.4, 0.5) is 0 Å². The molecule has 0 amide bonds. The number of ether oxygens (including phenoxy) is 3. The van der Waals surface area contributed by atoms with Crippen molar-refractivity contribution in [3.05, 3.63) is 12.2 Å². The summed E-state index contributed by atoms with van der Waals surface area (Å²) in [5.74, 6) is 0.114. The van der Waals surface area contributed by atoms with Crippen LogP contribution in [0.3, 0.4) is 0 Å². The summed E-state index contributed by atoms with van der Waals surface area (Å²) >= 11 is 0. The van der Waals surface area contributed by atoms with Crippen LogP contribution in [-0.2, 0) is 19.0 Å². The number of rotatable bonds is 10. The average Bonchev–Trinajstić information content (AvgIpc) is 2.57. The lowest BCUT2D eigenvalue weighted by Gasteiger charge is -2.36. The predicted molar refractivity (Wildman–Crippen MR) is 94.9 cm³/mol. The molecule has 1 aliphatic heterocycles. The quantitative estimate of drug-likeness (QED) is 0.461. The van der Waals surface area contributed by atoms with E-state index in [1.807, 2.05) is 6.92 Å². The van der Waals surface area contributed by atoms with E-state index in [1.165, 1.54) is 6.08 Å². The number of aliphatic hydroxyl groups is 2. The van der Waals surface area contributed by atoms with Gasteiger partial charge < -0.3 is 24.4 Å². The molecule has 6 heteroatoms. The molecule has 0 aromatic carbocycles. The van der Waals surface area contributed by atoms with Crippen LogP contribution in [0.5, 0.6) is 0 Å². The van der Waals surface area contributed by atoms with Crippen molar-refractivity contribution in [1.29, 1.82) is 0 Å². The third-order valence-corrected chi connectivity index (χ3v) is 4.66. The van der Waals surface area contributed by atoms with E-state index in [9.17, 15) is 15.0 Å². The van der Waals surface area contributed by atoms with Crippen LogP contribution >= 0.6 is 0 Å². The molecule has 1 saturated heterocycles. The highest BCUT2D eigenvalue weighted by Gasteiger charge is 2.35. The molecule has 2 N–H and O–H groups in total. The SMILES string of the molecule is CCC(CC)COC(=O)/C=C\CC[C@@H](C)OC1O[C@@H](C)[C@H](O)C[C@H]1O. The van der Waals surface area contributed by atoms with E-state index in [1.54, 1.807) is 13.0 Å². The Labute approximate surface area is 151 Å². The van der Waals surface area contributed by atoms with Crippen molar-refractivity contribution >= 4 is 5.97 Å². The van der Waals surface area contributed by atoms with Crippen molar-refractivity contribution in [2.75, 3.05) is 6.61 Å². The van der Waals surface area contributed by atoms with Crippen LogP contribution in [0.1, 0.15) is 59.8 Å². The zero-order valence-electron chi connectivity index (χ0n) is 15.9. The molecule has 25 heavy (non-hydrogen) atoms. The summed E-state index contributed by atoms with van der Waals surface area (Å²) in [4.78, 5) is 11.6. The largest absolute Gasteiger partial charge is 0.462 e. The van der Waals surface area contributed by atoms with Gasteiger partial charge in [-0.15, -0.1) is 0 Å². The molecule has 0 aromatic rings. The van der Waals surface area contributed by atoms with Gasteiger partial charge in [0, 0.05) is 12.5 Å². The van der Waals surface area contributed by atoms with Crippen molar-refractivity contribution in [3.63, 3.8) is 0 Å². The Balaban J connectivity index is 2.23. The third-order valence-electron chi connectivity index (χ3n) is 4.66. The van der Waals surface area contributed by atoms with Crippen molar-refractivity contribution in [1.82, 2.24) is 0 Å². The Hall–Kier alpha value is -0.950. The van der Waals surface area contributed by atoms with Gasteiger partial charge in [-0.05, 0) is 32.6 Å². The number of aliphatic hydroxyl groups excluding tert-OH is 2. The van der Waals surface area contributed by atoms with Crippen LogP contribution < -0.4 is 0 Å². The maximum atomic E-state index is 11.6. The van der Waals surface area contributed by atoms with Gasteiger partial charge >= 0.3 is 5.97 Å². The van der Waals surface area contributed by atoms with E-state index in [-0.39, 0.29) is 24.6 Å². The number of allylic oxidation sites excluding steroid dienone is 1. The van der Waals surface area contributed by atoms with Crippen molar-refractivity contribution in [2.24, 2.45) is 5.92 Å². The second-order valence-corrected chi connectivity index (χ2v) is 6.82. The Morgan fingerprint density at radius 3 is 2.60 bits per heavy atom. The molecule has 1 fully saturated rings. The highest BCUT2D eigenvalue weighted by molar-refractivity contribution is 5.81. The van der Waals surface area contributed by atoms with Gasteiger partial charge in [0.25, 0.3) is 0 Å². The van der Waals surface area contributed by atoms with E-state index in [4.69, 9.17) is 14.2 Å². The van der Waals surface area contributed by atoms with Crippen LogP contribution in [-0.4, -0.2) is 53.5 Å². The first kappa shape index (κ1) is 22.1. The summed E-state index contributed by atoms with van der Waals surface area (Å²) in [5, 5.41) is 19.6. The van der Waals surface area contributed by atoms with E-state index in [2.05, 4.69) is 13.8 Å². The fourth-order valence-corrected chi connectivity index (χ4v) is 2.65. The van der Waals surface area contributed by atoms with Gasteiger partial charge in [-0.2, -0.15) is 0 Å². The Morgan fingerprint density at radius 2 is 1.96 bits per heavy atom. The van der Waals surface area contributed by atoms with Gasteiger partial charge in [0.15, 0.2) is 6.29 Å². The summed E-state index contributed by atoms with van der Waals surface area (Å²) in [6, 6.07) is 0. The molecule has 5 atom stereocenters. The van der Waals surface area contributed by atoms with E-state index in [0.717, 1.165) is 12.8 Å². The average molecular weight is 358 g/mol. The lowest BCUT2D eigenvalue weighted by atomic mass is 10.0. The molecular weight excluding hydrogens is 324 g/mol. The first-order chi connectivity index (χ1) is 11.9. The zero-order valence-corrected chi connectivity index (χ0v) is 15.9. The zero-order chi connectivity index (χ0) is 18.8. The molecule has 0 saturated carbocycles. The molecule has 1 heterocycles. The molecule has 6 nitrogen and oxygen atoms in total. The first-order valence-electron chi connectivity index (χ1n) is 9.37. The number of hydrogen-bond donors (Lipinski definition) is 2. The lowest BCUT2D eigenvalue weighted by molar-refractivity contribution is -0.273. The molecule has 1 rings (SSSR count). The van der Waals surface area contributed by atoms with Gasteiger partial charge in [0.2, 0.25) is 0 Å². The molecular formula is C19H34O6. The van der Waals surface area contributed by atoms with Gasteiger partial charge in [-0.3, -0.25) is 0 Å². The Kier molecular flexibility index (Phi) is 10.3. The summed E-state index contributed by atoms with van der Waals surface area (Å²) in [6.07, 6.45) is 4.16. The van der Waals surface area contributed by atoms with Gasteiger partial charge in [0.05, 0.1) is 24.9 Å². The van der Waals surface area contributed by atoms with Crippen LogP contribution in [0.2, 0.25) is 0 Å². The minimum Gasteiger partial charge on any atom is -0.462 e. The minimum atomic E-state index is -0.829. The standard InChI is InChI=1S/C19H34O6/c1-5-15(6-2)12-23-18(22)10-8-7-9-13(3)24-19-17(21)11-16(20)14(4)25-19/h8,10,13-17,19-21H,5-7,9,11-12H2,1-4H3/b10-8-/t13-,14+,16-,17-,19?/m1/s1.